The highest BCUT2D eigenvalue weighted by atomic mass is 35.5. The Bertz CT molecular complexity index is 801. The van der Waals surface area contributed by atoms with Gasteiger partial charge in [0.15, 0.2) is 0 Å². The molecule has 8 heteroatoms. The Balaban J connectivity index is 0.00000300. The number of benzene rings is 2. The van der Waals surface area contributed by atoms with E-state index in [4.69, 9.17) is 5.73 Å². The summed E-state index contributed by atoms with van der Waals surface area (Å²) in [7, 11) is 0. The van der Waals surface area contributed by atoms with Gasteiger partial charge in [0.1, 0.15) is 0 Å². The van der Waals surface area contributed by atoms with Gasteiger partial charge < -0.3 is 16.0 Å². The van der Waals surface area contributed by atoms with Crippen LogP contribution in [0.15, 0.2) is 54.6 Å². The van der Waals surface area contributed by atoms with Crippen molar-refractivity contribution in [3.8, 4) is 0 Å². The molecule has 1 heterocycles. The largest absolute Gasteiger partial charge is 0.385 e. The van der Waals surface area contributed by atoms with Crippen LogP contribution in [-0.4, -0.2) is 41.9 Å². The molecule has 3 rings (SSSR count). The predicted molar refractivity (Wildman–Crippen MR) is 116 cm³/mol. The molecule has 0 radical (unpaired) electrons. The first-order valence-electron chi connectivity index (χ1n) is 9.59. The lowest BCUT2D eigenvalue weighted by molar-refractivity contribution is -0.384. The molecule has 0 aliphatic carbocycles. The Hall–Kier alpha value is -2.64. The number of nitro benzene ring substituents is 1. The lowest BCUT2D eigenvalue weighted by atomic mass is 9.89. The van der Waals surface area contributed by atoms with E-state index in [0.29, 0.717) is 44.3 Å². The number of likely N-dealkylation sites (tertiary alicyclic amines) is 1. The smallest absolute Gasteiger partial charge is 0.269 e. The van der Waals surface area contributed by atoms with E-state index in [1.54, 1.807) is 12.1 Å². The molecule has 29 heavy (non-hydrogen) atoms. The SMILES string of the molecule is Cl.NC[C@@H]1CN(C(=O)CCCNc2ccc([N+](=O)[O-])cc2)C[C@H]1c1ccccc1. The minimum Gasteiger partial charge on any atom is -0.385 e. The molecule has 1 fully saturated rings. The summed E-state index contributed by atoms with van der Waals surface area (Å²) < 4.78 is 0. The number of carbonyl (C=O) groups is 1. The van der Waals surface area contributed by atoms with Crippen LogP contribution in [0.25, 0.3) is 0 Å². The standard InChI is InChI=1S/C21H26N4O3.ClH/c22-13-17-14-24(15-20(17)16-5-2-1-3-6-16)21(26)7-4-12-23-18-8-10-19(11-9-18)25(27)28;/h1-3,5-6,8-11,17,20,23H,4,7,12-15,22H2;1H/t17-,20+;/m1./s1. The number of halogens is 1. The summed E-state index contributed by atoms with van der Waals surface area (Å²) in [5, 5.41) is 13.9. The lowest BCUT2D eigenvalue weighted by Crippen LogP contribution is -2.30. The van der Waals surface area contributed by atoms with E-state index in [-0.39, 0.29) is 24.0 Å². The second-order valence-electron chi connectivity index (χ2n) is 7.15. The Labute approximate surface area is 176 Å². The topological polar surface area (TPSA) is 102 Å². The number of carbonyl (C=O) groups excluding carboxylic acids is 1. The molecule has 0 bridgehead atoms. The van der Waals surface area contributed by atoms with Gasteiger partial charge in [-0.3, -0.25) is 14.9 Å². The maximum Gasteiger partial charge on any atom is 0.269 e. The molecular formula is C21H27ClN4O3. The predicted octanol–water partition coefficient (Wildman–Crippen LogP) is 3.41. The highest BCUT2D eigenvalue weighted by Crippen LogP contribution is 2.32. The number of nitrogens with one attached hydrogen (secondary N) is 1. The van der Waals surface area contributed by atoms with Gasteiger partial charge in [0.2, 0.25) is 5.91 Å². The maximum absolute atomic E-state index is 12.6. The molecule has 156 valence electrons. The molecule has 3 N–H and O–H groups in total. The zero-order valence-corrected chi connectivity index (χ0v) is 17.0. The van der Waals surface area contributed by atoms with E-state index in [0.717, 1.165) is 12.2 Å². The van der Waals surface area contributed by atoms with Crippen molar-refractivity contribution in [3.63, 3.8) is 0 Å². The van der Waals surface area contributed by atoms with Crippen LogP contribution in [-0.2, 0) is 4.79 Å². The van der Waals surface area contributed by atoms with Crippen LogP contribution in [0.1, 0.15) is 24.3 Å². The van der Waals surface area contributed by atoms with Crippen LogP contribution in [0.3, 0.4) is 0 Å². The fourth-order valence-corrected chi connectivity index (χ4v) is 3.72. The highest BCUT2D eigenvalue weighted by molar-refractivity contribution is 5.85. The molecule has 2 aromatic carbocycles. The third-order valence-electron chi connectivity index (χ3n) is 5.30. The quantitative estimate of drug-likeness (QED) is 0.388. The fraction of sp³-hybridized carbons (Fsp3) is 0.381. The normalized spacial score (nSPS) is 18.2. The molecule has 2 aromatic rings. The van der Waals surface area contributed by atoms with E-state index in [1.165, 1.54) is 17.7 Å². The Morgan fingerprint density at radius 3 is 2.45 bits per heavy atom. The Morgan fingerprint density at radius 2 is 1.83 bits per heavy atom. The van der Waals surface area contributed by atoms with E-state index in [9.17, 15) is 14.9 Å². The number of amides is 1. The number of nitrogens with two attached hydrogens (primary N) is 1. The van der Waals surface area contributed by atoms with Gasteiger partial charge in [0.25, 0.3) is 5.69 Å². The first kappa shape index (κ1) is 22.6. The van der Waals surface area contributed by atoms with Crippen molar-refractivity contribution in [2.45, 2.75) is 18.8 Å². The first-order chi connectivity index (χ1) is 13.6. The van der Waals surface area contributed by atoms with Gasteiger partial charge in [-0.2, -0.15) is 0 Å². The molecule has 7 nitrogen and oxygen atoms in total. The van der Waals surface area contributed by atoms with Crippen molar-refractivity contribution in [1.29, 1.82) is 0 Å². The minimum absolute atomic E-state index is 0. The van der Waals surface area contributed by atoms with Crippen molar-refractivity contribution in [2.75, 3.05) is 31.5 Å². The van der Waals surface area contributed by atoms with Crippen molar-refractivity contribution in [1.82, 2.24) is 4.90 Å². The molecule has 0 unspecified atom stereocenters. The zero-order chi connectivity index (χ0) is 19.9. The molecule has 1 amide bonds. The van der Waals surface area contributed by atoms with Crippen LogP contribution < -0.4 is 11.1 Å². The summed E-state index contributed by atoms with van der Waals surface area (Å²) in [5.41, 5.74) is 8.07. The lowest BCUT2D eigenvalue weighted by Gasteiger charge is -2.17. The number of anilines is 1. The van der Waals surface area contributed by atoms with Crippen molar-refractivity contribution in [3.05, 3.63) is 70.3 Å². The number of nitrogens with zero attached hydrogens (tertiary/aromatic N) is 2. The van der Waals surface area contributed by atoms with Crippen LogP contribution in [0, 0.1) is 16.0 Å². The average Bonchev–Trinajstić information content (AvgIpc) is 3.16. The number of rotatable bonds is 8. The maximum atomic E-state index is 12.6. The van der Waals surface area contributed by atoms with E-state index in [1.807, 2.05) is 23.1 Å². The van der Waals surface area contributed by atoms with Gasteiger partial charge >= 0.3 is 0 Å². The van der Waals surface area contributed by atoms with E-state index < -0.39 is 4.92 Å². The minimum atomic E-state index is -0.421. The Morgan fingerprint density at radius 1 is 1.14 bits per heavy atom. The fourth-order valence-electron chi connectivity index (χ4n) is 3.72. The van der Waals surface area contributed by atoms with Crippen molar-refractivity contribution in [2.24, 2.45) is 11.7 Å². The van der Waals surface area contributed by atoms with Crippen LogP contribution in [0.4, 0.5) is 11.4 Å². The summed E-state index contributed by atoms with van der Waals surface area (Å²) in [6.45, 7) is 2.65. The molecule has 1 aliphatic rings. The number of nitro groups is 1. The number of non-ortho nitro benzene ring substituents is 1. The van der Waals surface area contributed by atoms with Gasteiger partial charge in [-0.15, -0.1) is 12.4 Å². The second-order valence-corrected chi connectivity index (χ2v) is 7.15. The van der Waals surface area contributed by atoms with Crippen molar-refractivity contribution >= 4 is 29.7 Å². The van der Waals surface area contributed by atoms with Gasteiger partial charge in [-0.05, 0) is 36.6 Å². The van der Waals surface area contributed by atoms with Crippen LogP contribution >= 0.6 is 12.4 Å². The number of hydrogen-bond acceptors (Lipinski definition) is 5. The molecule has 1 aliphatic heterocycles. The summed E-state index contributed by atoms with van der Waals surface area (Å²) in [4.78, 5) is 24.8. The summed E-state index contributed by atoms with van der Waals surface area (Å²) in [6.07, 6.45) is 1.17. The van der Waals surface area contributed by atoms with Gasteiger partial charge in [0.05, 0.1) is 4.92 Å². The van der Waals surface area contributed by atoms with Crippen LogP contribution in [0.2, 0.25) is 0 Å². The molecule has 1 saturated heterocycles. The highest BCUT2D eigenvalue weighted by Gasteiger charge is 2.34. The average molecular weight is 419 g/mol. The summed E-state index contributed by atoms with van der Waals surface area (Å²) in [5.74, 6) is 0.750. The van der Waals surface area contributed by atoms with Gasteiger partial charge in [-0.25, -0.2) is 0 Å². The molecule has 0 aromatic heterocycles. The molecule has 0 spiro atoms. The summed E-state index contributed by atoms with van der Waals surface area (Å²) in [6, 6.07) is 16.5. The number of hydrogen-bond donors (Lipinski definition) is 2. The van der Waals surface area contributed by atoms with Gasteiger partial charge in [0, 0.05) is 49.8 Å². The van der Waals surface area contributed by atoms with E-state index >= 15 is 0 Å². The zero-order valence-electron chi connectivity index (χ0n) is 16.2. The summed E-state index contributed by atoms with van der Waals surface area (Å²) >= 11 is 0. The van der Waals surface area contributed by atoms with Crippen molar-refractivity contribution < 1.29 is 9.72 Å². The van der Waals surface area contributed by atoms with E-state index in [2.05, 4.69) is 17.4 Å². The molecule has 2 atom stereocenters. The van der Waals surface area contributed by atoms with Crippen LogP contribution in [0.5, 0.6) is 0 Å². The Kier molecular flexibility index (Phi) is 8.42. The molecular weight excluding hydrogens is 392 g/mol. The third kappa shape index (κ3) is 5.92. The third-order valence-corrected chi connectivity index (χ3v) is 5.30. The second kappa shape index (κ2) is 10.8. The monoisotopic (exact) mass is 418 g/mol. The first-order valence-corrected chi connectivity index (χ1v) is 9.59. The molecule has 0 saturated carbocycles. The van der Waals surface area contributed by atoms with Gasteiger partial charge in [-0.1, -0.05) is 30.3 Å².